The number of fused-ring (bicyclic) bond motifs is 1. The molecular weight excluding hydrogens is 493 g/mol. The van der Waals surface area contributed by atoms with Crippen LogP contribution >= 0.6 is 22.6 Å². The molecule has 7 heteroatoms. The minimum atomic E-state index is -0.593. The van der Waals surface area contributed by atoms with Crippen LogP contribution in [0.3, 0.4) is 0 Å². The lowest BCUT2D eigenvalue weighted by Crippen LogP contribution is -2.66. The highest BCUT2D eigenvalue weighted by molar-refractivity contribution is 14.1. The smallest absolute Gasteiger partial charge is 0.410 e. The lowest BCUT2D eigenvalue weighted by molar-refractivity contribution is -0.00888. The highest BCUT2D eigenvalue weighted by Gasteiger charge is 2.44. The average Bonchev–Trinajstić information content (AvgIpc) is 3.01. The molecule has 3 aromatic rings. The molecule has 0 spiro atoms. The second kappa shape index (κ2) is 7.29. The summed E-state index contributed by atoms with van der Waals surface area (Å²) >= 11 is 2.25. The molecule has 0 radical (unpaired) electrons. The number of halogens is 1. The molecule has 4 rings (SSSR count). The number of carbonyl (C=O) groups excluding carboxylic acids is 1. The van der Waals surface area contributed by atoms with Crippen LogP contribution in [0.5, 0.6) is 0 Å². The van der Waals surface area contributed by atoms with Crippen LogP contribution in [0.1, 0.15) is 31.9 Å². The first-order valence-electron chi connectivity index (χ1n) is 9.60. The van der Waals surface area contributed by atoms with E-state index in [1.807, 2.05) is 57.2 Å². The van der Waals surface area contributed by atoms with Crippen LogP contribution in [0.2, 0.25) is 0 Å². The zero-order valence-corrected chi connectivity index (χ0v) is 19.2. The number of carbonyl (C=O) groups is 1. The average molecular weight is 515 g/mol. The second-order valence-electron chi connectivity index (χ2n) is 8.61. The number of nitriles is 1. The molecule has 2 aromatic carbocycles. The van der Waals surface area contributed by atoms with E-state index in [1.54, 1.807) is 11.0 Å². The number of ether oxygens (including phenoxy) is 1. The third-order valence-corrected chi connectivity index (χ3v) is 6.17. The van der Waals surface area contributed by atoms with Crippen molar-refractivity contribution in [3.8, 4) is 17.4 Å². The number of rotatable bonds is 2. The molecule has 0 unspecified atom stereocenters. The summed E-state index contributed by atoms with van der Waals surface area (Å²) in [6.07, 6.45) is -0.342. The van der Waals surface area contributed by atoms with Crippen molar-refractivity contribution in [3.05, 3.63) is 57.2 Å². The fraction of sp³-hybridized carbons (Fsp3) is 0.304. The van der Waals surface area contributed by atoms with Crippen molar-refractivity contribution in [1.82, 2.24) is 4.90 Å². The Morgan fingerprint density at radius 1 is 1.23 bits per heavy atom. The lowest BCUT2D eigenvalue weighted by atomic mass is 9.83. The van der Waals surface area contributed by atoms with Crippen LogP contribution in [-0.4, -0.2) is 29.7 Å². The van der Waals surface area contributed by atoms with Gasteiger partial charge in [-0.1, -0.05) is 30.3 Å². The van der Waals surface area contributed by atoms with Gasteiger partial charge in [0.25, 0.3) is 0 Å². The standard InChI is InChI=1S/C23H22IN3O3/c1-22(2,3)30-21(28)27-12-23(26,13-27)16-9-7-14(8-10-16)20-18(24)17-6-4-5-15(11-25)19(17)29-20/h4-10H,12-13,26H2,1-3H3. The topological polar surface area (TPSA) is 92.5 Å². The van der Waals surface area contributed by atoms with Crippen LogP contribution < -0.4 is 5.73 Å². The van der Waals surface area contributed by atoms with Gasteiger partial charge >= 0.3 is 6.09 Å². The number of para-hydroxylation sites is 1. The molecule has 0 saturated carbocycles. The van der Waals surface area contributed by atoms with Crippen molar-refractivity contribution in [2.75, 3.05) is 13.1 Å². The van der Waals surface area contributed by atoms with Crippen molar-refractivity contribution in [1.29, 1.82) is 5.26 Å². The Bertz CT molecular complexity index is 1160. The Labute approximate surface area is 188 Å². The second-order valence-corrected chi connectivity index (χ2v) is 9.69. The summed E-state index contributed by atoms with van der Waals surface area (Å²) in [7, 11) is 0. The van der Waals surface area contributed by atoms with E-state index in [0.717, 1.165) is 25.8 Å². The third kappa shape index (κ3) is 3.66. The number of furan rings is 1. The number of hydrogen-bond acceptors (Lipinski definition) is 5. The van der Waals surface area contributed by atoms with E-state index < -0.39 is 11.1 Å². The Balaban J connectivity index is 1.55. The zero-order chi connectivity index (χ0) is 21.7. The maximum absolute atomic E-state index is 12.2. The highest BCUT2D eigenvalue weighted by atomic mass is 127. The van der Waals surface area contributed by atoms with E-state index >= 15 is 0 Å². The van der Waals surface area contributed by atoms with Crippen molar-refractivity contribution in [3.63, 3.8) is 0 Å². The Morgan fingerprint density at radius 2 is 1.90 bits per heavy atom. The van der Waals surface area contributed by atoms with Crippen LogP contribution in [-0.2, 0) is 10.3 Å². The summed E-state index contributed by atoms with van der Waals surface area (Å²) in [6, 6.07) is 15.6. The van der Waals surface area contributed by atoms with Crippen LogP contribution in [0.25, 0.3) is 22.3 Å². The van der Waals surface area contributed by atoms with Gasteiger partial charge in [0, 0.05) is 24.0 Å². The number of amides is 1. The fourth-order valence-corrected chi connectivity index (χ4v) is 4.44. The normalized spacial score (nSPS) is 15.5. The first-order chi connectivity index (χ1) is 14.1. The molecule has 1 aliphatic rings. The van der Waals surface area contributed by atoms with E-state index in [4.69, 9.17) is 14.9 Å². The Hall–Kier alpha value is -2.57. The van der Waals surface area contributed by atoms with Crippen molar-refractivity contribution in [2.24, 2.45) is 5.73 Å². The predicted octanol–water partition coefficient (Wildman–Crippen LogP) is 4.98. The maximum Gasteiger partial charge on any atom is 0.410 e. The van der Waals surface area contributed by atoms with Gasteiger partial charge in [0.2, 0.25) is 0 Å². The molecule has 2 heterocycles. The summed E-state index contributed by atoms with van der Waals surface area (Å²) in [5.41, 5.74) is 8.39. The predicted molar refractivity (Wildman–Crippen MR) is 123 cm³/mol. The molecule has 1 amide bonds. The minimum absolute atomic E-state index is 0.342. The molecule has 6 nitrogen and oxygen atoms in total. The molecule has 1 aromatic heterocycles. The number of hydrogen-bond donors (Lipinski definition) is 1. The Morgan fingerprint density at radius 3 is 2.50 bits per heavy atom. The SMILES string of the molecule is CC(C)(C)OC(=O)N1CC(N)(c2ccc(-c3oc4c(C#N)cccc4c3I)cc2)C1. The quantitative estimate of drug-likeness (QED) is 0.486. The molecule has 0 bridgehead atoms. The van der Waals surface area contributed by atoms with Crippen molar-refractivity contribution >= 4 is 39.7 Å². The van der Waals surface area contributed by atoms with Gasteiger partial charge in [-0.05, 0) is 61.1 Å². The van der Waals surface area contributed by atoms with Crippen LogP contribution in [0.4, 0.5) is 4.79 Å². The molecular formula is C23H22IN3O3. The lowest BCUT2D eigenvalue weighted by Gasteiger charge is -2.47. The summed E-state index contributed by atoms with van der Waals surface area (Å²) in [6.45, 7) is 6.36. The molecule has 154 valence electrons. The van der Waals surface area contributed by atoms with Gasteiger partial charge < -0.3 is 19.8 Å². The molecule has 0 atom stereocenters. The first-order valence-corrected chi connectivity index (χ1v) is 10.7. The summed E-state index contributed by atoms with van der Waals surface area (Å²) in [5, 5.41) is 10.3. The number of likely N-dealkylation sites (tertiary alicyclic amines) is 1. The number of nitrogens with zero attached hydrogens (tertiary/aromatic N) is 2. The van der Waals surface area contributed by atoms with Gasteiger partial charge in [-0.15, -0.1) is 0 Å². The number of nitrogens with two attached hydrogens (primary N) is 1. The summed E-state index contributed by atoms with van der Waals surface area (Å²) in [4.78, 5) is 13.8. The van der Waals surface area contributed by atoms with Crippen molar-refractivity contribution < 1.29 is 13.9 Å². The van der Waals surface area contributed by atoms with Gasteiger partial charge in [-0.3, -0.25) is 0 Å². The Kier molecular flexibility index (Phi) is 5.03. The van der Waals surface area contributed by atoms with Gasteiger partial charge in [0.15, 0.2) is 5.58 Å². The molecule has 1 saturated heterocycles. The summed E-state index contributed by atoms with van der Waals surface area (Å²) in [5.74, 6) is 0.731. The van der Waals surface area contributed by atoms with Crippen LogP contribution in [0, 0.1) is 14.9 Å². The summed E-state index contributed by atoms with van der Waals surface area (Å²) < 4.78 is 12.4. The molecule has 0 aliphatic carbocycles. The monoisotopic (exact) mass is 515 g/mol. The van der Waals surface area contributed by atoms with Crippen LogP contribution in [0.15, 0.2) is 46.9 Å². The molecule has 1 fully saturated rings. The van der Waals surface area contributed by atoms with E-state index in [1.165, 1.54) is 0 Å². The van der Waals surface area contributed by atoms with E-state index in [-0.39, 0.29) is 6.09 Å². The minimum Gasteiger partial charge on any atom is -0.454 e. The van der Waals surface area contributed by atoms with E-state index in [2.05, 4.69) is 28.7 Å². The molecule has 30 heavy (non-hydrogen) atoms. The van der Waals surface area contributed by atoms with Gasteiger partial charge in [0.1, 0.15) is 17.4 Å². The first kappa shape index (κ1) is 20.7. The highest BCUT2D eigenvalue weighted by Crippen LogP contribution is 2.37. The van der Waals surface area contributed by atoms with Gasteiger partial charge in [-0.2, -0.15) is 5.26 Å². The number of benzene rings is 2. The fourth-order valence-electron chi connectivity index (χ4n) is 3.59. The zero-order valence-electron chi connectivity index (χ0n) is 17.0. The van der Waals surface area contributed by atoms with E-state index in [0.29, 0.717) is 24.2 Å². The molecule has 1 aliphatic heterocycles. The largest absolute Gasteiger partial charge is 0.454 e. The van der Waals surface area contributed by atoms with Gasteiger partial charge in [-0.25, -0.2) is 4.79 Å². The molecule has 2 N–H and O–H groups in total. The third-order valence-electron chi connectivity index (χ3n) is 5.10. The van der Waals surface area contributed by atoms with Crippen molar-refractivity contribution in [2.45, 2.75) is 31.9 Å². The van der Waals surface area contributed by atoms with E-state index in [9.17, 15) is 10.1 Å². The maximum atomic E-state index is 12.2. The van der Waals surface area contributed by atoms with Gasteiger partial charge in [0.05, 0.1) is 14.7 Å².